The van der Waals surface area contributed by atoms with Crippen LogP contribution in [-0.4, -0.2) is 68.5 Å². The first-order valence-electron chi connectivity index (χ1n) is 14.6. The van der Waals surface area contributed by atoms with Crippen molar-refractivity contribution in [3.63, 3.8) is 0 Å². The summed E-state index contributed by atoms with van der Waals surface area (Å²) in [6.45, 7) is 14.3. The lowest BCUT2D eigenvalue weighted by molar-refractivity contribution is -0.141. The number of carbonyl (C=O) groups excluding carboxylic acids is 2. The van der Waals surface area contributed by atoms with Crippen LogP contribution in [0.3, 0.4) is 0 Å². The van der Waals surface area contributed by atoms with E-state index in [1.54, 1.807) is 6.92 Å². The predicted molar refractivity (Wildman–Crippen MR) is 157 cm³/mol. The lowest BCUT2D eigenvalue weighted by Crippen LogP contribution is -2.39. The van der Waals surface area contributed by atoms with Crippen molar-refractivity contribution in [1.29, 1.82) is 5.41 Å². The Balaban J connectivity index is 1.49. The largest absolute Gasteiger partial charge is 0.490 e. The number of anilines is 1. The van der Waals surface area contributed by atoms with E-state index >= 15 is 0 Å². The van der Waals surface area contributed by atoms with Gasteiger partial charge in [-0.1, -0.05) is 20.8 Å². The maximum Gasteiger partial charge on any atom is 0.325 e. The molecule has 1 aliphatic carbocycles. The highest BCUT2D eigenvalue weighted by Crippen LogP contribution is 2.58. The summed E-state index contributed by atoms with van der Waals surface area (Å²) in [5, 5.41) is 9.08. The Morgan fingerprint density at radius 3 is 2.27 bits per heavy atom. The summed E-state index contributed by atoms with van der Waals surface area (Å²) in [6.07, 6.45) is 1.74. The zero-order valence-electron chi connectivity index (χ0n) is 25.0. The van der Waals surface area contributed by atoms with Crippen LogP contribution in [0.25, 0.3) is 0 Å². The summed E-state index contributed by atoms with van der Waals surface area (Å²) in [6, 6.07) is 7.63. The smallest absolute Gasteiger partial charge is 0.325 e. The minimum absolute atomic E-state index is 0.0720. The molecule has 2 heterocycles. The van der Waals surface area contributed by atoms with Crippen molar-refractivity contribution in [2.75, 3.05) is 51.0 Å². The van der Waals surface area contributed by atoms with Crippen LogP contribution in [0.2, 0.25) is 0 Å². The molecule has 1 N–H and O–H groups in total. The van der Waals surface area contributed by atoms with Crippen LogP contribution < -0.4 is 19.1 Å². The maximum absolute atomic E-state index is 14.0. The zero-order chi connectivity index (χ0) is 29.5. The topological polar surface area (TPSA) is 101 Å². The van der Waals surface area contributed by atoms with E-state index in [2.05, 4.69) is 20.8 Å². The van der Waals surface area contributed by atoms with Gasteiger partial charge in [0.25, 0.3) is 0 Å². The number of nitrogens with one attached hydrogen (secondary N) is 1. The highest BCUT2D eigenvalue weighted by molar-refractivity contribution is 6.07. The van der Waals surface area contributed by atoms with Crippen molar-refractivity contribution in [3.8, 4) is 17.2 Å². The number of Topliss-reactive ketones (excluding diaryl/α,β-unsaturated/α-hetero) is 1. The molecular formula is C32H41N3O6. The second-order valence-corrected chi connectivity index (χ2v) is 11.8. The normalized spacial score (nSPS) is 16.7. The molecule has 0 atom stereocenters. The molecule has 220 valence electrons. The van der Waals surface area contributed by atoms with E-state index in [1.807, 2.05) is 47.9 Å². The number of amidine groups is 1. The lowest BCUT2D eigenvalue weighted by atomic mass is 9.84. The van der Waals surface area contributed by atoms with Gasteiger partial charge in [-0.15, -0.1) is 0 Å². The number of carbonyl (C=O) groups is 2. The SMILES string of the molecule is CCOC(=O)CN1CCOc2c1cc(C(=O)CN1C(=N)c3cc(OCC)c(OCC)cc3C13CC3)cc2C(C)(C)C. The molecule has 2 aromatic carbocycles. The molecule has 2 aromatic rings. The fourth-order valence-corrected chi connectivity index (χ4v) is 5.93. The second-order valence-electron chi connectivity index (χ2n) is 11.8. The quantitative estimate of drug-likeness (QED) is 0.316. The molecule has 5 rings (SSSR count). The number of ketones is 1. The number of esters is 1. The van der Waals surface area contributed by atoms with Crippen molar-refractivity contribution < 1.29 is 28.5 Å². The van der Waals surface area contributed by atoms with E-state index in [0.717, 1.165) is 35.2 Å². The average Bonchev–Trinajstić information content (AvgIpc) is 3.69. The Labute approximate surface area is 242 Å². The molecule has 1 spiro atoms. The number of hydrogen-bond acceptors (Lipinski definition) is 8. The summed E-state index contributed by atoms with van der Waals surface area (Å²) in [4.78, 5) is 30.3. The number of ether oxygens (including phenoxy) is 4. The van der Waals surface area contributed by atoms with Crippen molar-refractivity contribution in [1.82, 2.24) is 4.90 Å². The number of fused-ring (bicyclic) bond motifs is 3. The van der Waals surface area contributed by atoms with Crippen molar-refractivity contribution in [2.24, 2.45) is 0 Å². The van der Waals surface area contributed by atoms with Gasteiger partial charge in [0.05, 0.1) is 44.1 Å². The van der Waals surface area contributed by atoms with Gasteiger partial charge >= 0.3 is 5.97 Å². The van der Waals surface area contributed by atoms with Crippen LogP contribution in [0.1, 0.15) is 81.4 Å². The summed E-state index contributed by atoms with van der Waals surface area (Å²) in [5.74, 6) is 1.93. The first-order chi connectivity index (χ1) is 19.5. The molecule has 2 aliphatic heterocycles. The molecule has 0 amide bonds. The Hall–Kier alpha value is -3.75. The van der Waals surface area contributed by atoms with E-state index in [-0.39, 0.29) is 35.8 Å². The van der Waals surface area contributed by atoms with E-state index < -0.39 is 0 Å². The summed E-state index contributed by atoms with van der Waals surface area (Å²) in [7, 11) is 0. The van der Waals surface area contributed by atoms with E-state index in [4.69, 9.17) is 24.4 Å². The molecule has 9 heteroatoms. The van der Waals surface area contributed by atoms with Gasteiger partial charge in [0.15, 0.2) is 17.3 Å². The third-order valence-electron chi connectivity index (χ3n) is 8.02. The molecule has 0 saturated heterocycles. The molecule has 1 saturated carbocycles. The van der Waals surface area contributed by atoms with Gasteiger partial charge in [-0.3, -0.25) is 15.0 Å². The summed E-state index contributed by atoms with van der Waals surface area (Å²) >= 11 is 0. The molecule has 41 heavy (non-hydrogen) atoms. The third kappa shape index (κ3) is 5.22. The minimum Gasteiger partial charge on any atom is -0.490 e. The lowest BCUT2D eigenvalue weighted by Gasteiger charge is -2.35. The van der Waals surface area contributed by atoms with Gasteiger partial charge in [0, 0.05) is 16.7 Å². The van der Waals surface area contributed by atoms with Gasteiger partial charge in [0.1, 0.15) is 24.7 Å². The second kappa shape index (κ2) is 10.9. The summed E-state index contributed by atoms with van der Waals surface area (Å²) in [5.41, 5.74) is 3.32. The third-order valence-corrected chi connectivity index (χ3v) is 8.02. The average molecular weight is 564 g/mol. The van der Waals surface area contributed by atoms with Gasteiger partial charge in [-0.05, 0) is 68.9 Å². The van der Waals surface area contributed by atoms with Crippen LogP contribution in [0.15, 0.2) is 24.3 Å². The van der Waals surface area contributed by atoms with E-state index in [1.165, 1.54) is 0 Å². The molecule has 9 nitrogen and oxygen atoms in total. The number of nitrogens with zero attached hydrogens (tertiary/aromatic N) is 2. The molecule has 0 unspecified atom stereocenters. The van der Waals surface area contributed by atoms with Gasteiger partial charge in [-0.2, -0.15) is 0 Å². The number of benzene rings is 2. The molecular weight excluding hydrogens is 522 g/mol. The fourth-order valence-electron chi connectivity index (χ4n) is 5.93. The van der Waals surface area contributed by atoms with Crippen molar-refractivity contribution >= 4 is 23.3 Å². The zero-order valence-corrected chi connectivity index (χ0v) is 25.0. The van der Waals surface area contributed by atoms with Crippen molar-refractivity contribution in [2.45, 2.75) is 65.3 Å². The number of hydrogen-bond donors (Lipinski definition) is 1. The van der Waals surface area contributed by atoms with Gasteiger partial charge in [0.2, 0.25) is 0 Å². The fraction of sp³-hybridized carbons (Fsp3) is 0.531. The van der Waals surface area contributed by atoms with Crippen LogP contribution in [0.5, 0.6) is 17.2 Å². The van der Waals surface area contributed by atoms with Gasteiger partial charge < -0.3 is 28.7 Å². The van der Waals surface area contributed by atoms with E-state index in [9.17, 15) is 9.59 Å². The maximum atomic E-state index is 14.0. The molecule has 1 fully saturated rings. The highest BCUT2D eigenvalue weighted by Gasteiger charge is 2.57. The monoisotopic (exact) mass is 563 g/mol. The highest BCUT2D eigenvalue weighted by atomic mass is 16.5. The Bertz CT molecular complexity index is 1370. The molecule has 3 aliphatic rings. The Morgan fingerprint density at radius 1 is 0.976 bits per heavy atom. The van der Waals surface area contributed by atoms with Gasteiger partial charge in [-0.25, -0.2) is 0 Å². The Kier molecular flexibility index (Phi) is 7.66. The van der Waals surface area contributed by atoms with Crippen molar-refractivity contribution in [3.05, 3.63) is 46.5 Å². The van der Waals surface area contributed by atoms with Crippen LogP contribution in [0.4, 0.5) is 5.69 Å². The summed E-state index contributed by atoms with van der Waals surface area (Å²) < 4.78 is 23.0. The van der Waals surface area contributed by atoms with Crippen LogP contribution in [-0.2, 0) is 20.5 Å². The molecule has 0 radical (unpaired) electrons. The minimum atomic E-state index is -0.376. The first-order valence-corrected chi connectivity index (χ1v) is 14.6. The molecule has 0 bridgehead atoms. The standard InChI is InChI=1S/C32H41N3O6/c1-7-38-26-16-21-22(17-27(26)39-8-2)32(10-11-32)35(30(21)33)18-25(36)20-14-23(31(4,5)6)29-24(15-20)34(12-13-41-29)19-28(37)40-9-3/h14-17,33H,7-13,18-19H2,1-6H3. The number of rotatable bonds is 10. The molecule has 0 aromatic heterocycles. The predicted octanol–water partition coefficient (Wildman–Crippen LogP) is 5.06. The first kappa shape index (κ1) is 28.8. The van der Waals surface area contributed by atoms with Crippen LogP contribution >= 0.6 is 0 Å². The van der Waals surface area contributed by atoms with E-state index in [0.29, 0.717) is 61.6 Å². The van der Waals surface area contributed by atoms with Crippen LogP contribution in [0, 0.1) is 5.41 Å². The Morgan fingerprint density at radius 2 is 1.66 bits per heavy atom.